The van der Waals surface area contributed by atoms with Crippen molar-refractivity contribution in [2.24, 2.45) is 0 Å². The maximum Gasteiger partial charge on any atom is 0.266 e. The summed E-state index contributed by atoms with van der Waals surface area (Å²) < 4.78 is 7.10. The highest BCUT2D eigenvalue weighted by Crippen LogP contribution is 2.28. The summed E-state index contributed by atoms with van der Waals surface area (Å²) in [4.78, 5) is 17.1. The molecular weight excluding hydrogens is 388 g/mol. The fraction of sp³-hybridized carbons (Fsp3) is 0.360. The molecule has 4 rings (SSSR count). The Kier molecular flexibility index (Phi) is 6.99. The highest BCUT2D eigenvalue weighted by molar-refractivity contribution is 5.59. The number of unbranched alkanes of at least 4 members (excludes halogenated alkanes) is 1. The first-order valence-corrected chi connectivity index (χ1v) is 11.0. The average molecular weight is 419 g/mol. The van der Waals surface area contributed by atoms with Gasteiger partial charge in [-0.25, -0.2) is 4.68 Å². The minimum atomic E-state index is -0.0369. The molecule has 0 saturated carbocycles. The number of nitrogens with zero attached hydrogens (tertiary/aromatic N) is 4. The zero-order valence-corrected chi connectivity index (χ0v) is 18.1. The van der Waals surface area contributed by atoms with Crippen LogP contribution in [0.5, 0.6) is 5.75 Å². The number of rotatable bonds is 8. The van der Waals surface area contributed by atoms with E-state index in [1.807, 2.05) is 42.5 Å². The molecular formula is C25H30N4O2. The Hall–Kier alpha value is -3.12. The van der Waals surface area contributed by atoms with Gasteiger partial charge in [0.2, 0.25) is 0 Å². The minimum absolute atomic E-state index is 0.0369. The van der Waals surface area contributed by atoms with Crippen molar-refractivity contribution >= 4 is 5.69 Å². The van der Waals surface area contributed by atoms with Crippen LogP contribution in [-0.4, -0.2) is 54.5 Å². The second kappa shape index (κ2) is 10.3. The highest BCUT2D eigenvalue weighted by Gasteiger charge is 2.19. The highest BCUT2D eigenvalue weighted by atomic mass is 16.5. The molecule has 1 fully saturated rings. The lowest BCUT2D eigenvalue weighted by molar-refractivity contribution is 0.250. The van der Waals surface area contributed by atoms with Crippen molar-refractivity contribution in [2.75, 3.05) is 44.7 Å². The first-order chi connectivity index (χ1) is 15.2. The fourth-order valence-electron chi connectivity index (χ4n) is 4.07. The van der Waals surface area contributed by atoms with Crippen LogP contribution in [0.2, 0.25) is 0 Å². The molecule has 0 radical (unpaired) electrons. The maximum absolute atomic E-state index is 12.2. The van der Waals surface area contributed by atoms with Crippen molar-refractivity contribution in [3.05, 3.63) is 77.1 Å². The molecule has 2 aromatic carbocycles. The van der Waals surface area contributed by atoms with Crippen LogP contribution < -0.4 is 15.2 Å². The topological polar surface area (TPSA) is 50.6 Å². The average Bonchev–Trinajstić information content (AvgIpc) is 2.84. The largest absolute Gasteiger partial charge is 0.495 e. The predicted molar refractivity (Wildman–Crippen MR) is 125 cm³/mol. The summed E-state index contributed by atoms with van der Waals surface area (Å²) in [6, 6.07) is 21.6. The number of ether oxygens (including phenoxy) is 1. The normalized spacial score (nSPS) is 14.5. The number of piperazine rings is 1. The Morgan fingerprint density at radius 1 is 0.839 bits per heavy atom. The number of para-hydroxylation sites is 2. The Balaban J connectivity index is 1.24. The molecule has 162 valence electrons. The van der Waals surface area contributed by atoms with E-state index < -0.39 is 0 Å². The summed E-state index contributed by atoms with van der Waals surface area (Å²) in [6.07, 6.45) is 2.00. The van der Waals surface area contributed by atoms with Crippen LogP contribution in [0, 0.1) is 0 Å². The predicted octanol–water partition coefficient (Wildman–Crippen LogP) is 3.52. The third-order valence-corrected chi connectivity index (χ3v) is 5.83. The van der Waals surface area contributed by atoms with Crippen LogP contribution in [0.25, 0.3) is 11.3 Å². The fourth-order valence-corrected chi connectivity index (χ4v) is 4.07. The van der Waals surface area contributed by atoms with Crippen LogP contribution in [0.15, 0.2) is 71.5 Å². The summed E-state index contributed by atoms with van der Waals surface area (Å²) >= 11 is 0. The van der Waals surface area contributed by atoms with E-state index in [4.69, 9.17) is 4.74 Å². The Morgan fingerprint density at radius 2 is 1.55 bits per heavy atom. The smallest absolute Gasteiger partial charge is 0.266 e. The van der Waals surface area contributed by atoms with Gasteiger partial charge in [0.15, 0.2) is 0 Å². The number of hydrogen-bond acceptors (Lipinski definition) is 5. The molecule has 1 aliphatic heterocycles. The molecule has 0 bridgehead atoms. The summed E-state index contributed by atoms with van der Waals surface area (Å²) in [5.41, 5.74) is 3.01. The monoisotopic (exact) mass is 418 g/mol. The van der Waals surface area contributed by atoms with Gasteiger partial charge in [0.25, 0.3) is 5.56 Å². The van der Waals surface area contributed by atoms with Crippen molar-refractivity contribution in [3.63, 3.8) is 0 Å². The molecule has 0 aliphatic carbocycles. The lowest BCUT2D eigenvalue weighted by atomic mass is 10.1. The lowest BCUT2D eigenvalue weighted by Gasteiger charge is -2.36. The van der Waals surface area contributed by atoms with Gasteiger partial charge in [-0.15, -0.1) is 0 Å². The zero-order chi connectivity index (χ0) is 21.5. The van der Waals surface area contributed by atoms with E-state index in [9.17, 15) is 4.79 Å². The molecule has 6 heteroatoms. The van der Waals surface area contributed by atoms with Gasteiger partial charge in [-0.1, -0.05) is 42.5 Å². The van der Waals surface area contributed by atoms with Crippen molar-refractivity contribution in [1.82, 2.24) is 14.7 Å². The second-order valence-corrected chi connectivity index (χ2v) is 7.85. The SMILES string of the molecule is COc1ccccc1N1CCN(CCCCn2nc(-c3ccccc3)ccc2=O)CC1. The summed E-state index contributed by atoms with van der Waals surface area (Å²) in [6.45, 7) is 5.79. The number of aryl methyl sites for hydroxylation is 1. The standard InChI is InChI=1S/C25H30N4O2/c1-31-24-12-6-5-11-23(24)28-19-17-27(18-20-28)15-7-8-16-29-25(30)14-13-22(26-29)21-9-3-2-4-10-21/h2-6,9-14H,7-8,15-20H2,1H3. The molecule has 0 atom stereocenters. The van der Waals surface area contributed by atoms with Gasteiger partial charge in [-0.3, -0.25) is 9.69 Å². The molecule has 1 saturated heterocycles. The van der Waals surface area contributed by atoms with E-state index in [1.54, 1.807) is 23.9 Å². The molecule has 0 spiro atoms. The maximum atomic E-state index is 12.2. The summed E-state index contributed by atoms with van der Waals surface area (Å²) in [7, 11) is 1.73. The van der Waals surface area contributed by atoms with Gasteiger partial charge in [0, 0.05) is 44.4 Å². The second-order valence-electron chi connectivity index (χ2n) is 7.85. The van der Waals surface area contributed by atoms with E-state index in [1.165, 1.54) is 5.69 Å². The first-order valence-electron chi connectivity index (χ1n) is 11.0. The summed E-state index contributed by atoms with van der Waals surface area (Å²) in [5, 5.41) is 4.56. The number of methoxy groups -OCH3 is 1. The van der Waals surface area contributed by atoms with Gasteiger partial charge in [-0.05, 0) is 37.6 Å². The van der Waals surface area contributed by atoms with E-state index >= 15 is 0 Å². The van der Waals surface area contributed by atoms with Crippen LogP contribution in [0.1, 0.15) is 12.8 Å². The quantitative estimate of drug-likeness (QED) is 0.524. The number of anilines is 1. The third kappa shape index (κ3) is 5.33. The Bertz CT molecular complexity index is 1030. The molecule has 2 heterocycles. The molecule has 0 unspecified atom stereocenters. The molecule has 1 aromatic heterocycles. The van der Waals surface area contributed by atoms with Crippen molar-refractivity contribution in [3.8, 4) is 17.0 Å². The van der Waals surface area contributed by atoms with E-state index in [2.05, 4.69) is 27.0 Å². The molecule has 0 amide bonds. The van der Waals surface area contributed by atoms with Crippen LogP contribution >= 0.6 is 0 Å². The van der Waals surface area contributed by atoms with Gasteiger partial charge in [0.1, 0.15) is 5.75 Å². The third-order valence-electron chi connectivity index (χ3n) is 5.83. The number of aromatic nitrogens is 2. The van der Waals surface area contributed by atoms with E-state index in [-0.39, 0.29) is 5.56 Å². The number of hydrogen-bond donors (Lipinski definition) is 0. The van der Waals surface area contributed by atoms with Crippen molar-refractivity contribution < 1.29 is 4.74 Å². The minimum Gasteiger partial charge on any atom is -0.495 e. The van der Waals surface area contributed by atoms with Crippen molar-refractivity contribution in [2.45, 2.75) is 19.4 Å². The van der Waals surface area contributed by atoms with Gasteiger partial charge in [0.05, 0.1) is 18.5 Å². The van der Waals surface area contributed by atoms with Crippen LogP contribution in [0.4, 0.5) is 5.69 Å². The van der Waals surface area contributed by atoms with E-state index in [0.29, 0.717) is 6.54 Å². The number of benzene rings is 2. The molecule has 31 heavy (non-hydrogen) atoms. The van der Waals surface area contributed by atoms with Crippen molar-refractivity contribution in [1.29, 1.82) is 0 Å². The first kappa shape index (κ1) is 21.1. The van der Waals surface area contributed by atoms with Crippen LogP contribution in [0.3, 0.4) is 0 Å². The van der Waals surface area contributed by atoms with E-state index in [0.717, 1.165) is 62.6 Å². The van der Waals surface area contributed by atoms with Gasteiger partial charge in [-0.2, -0.15) is 5.10 Å². The molecule has 6 nitrogen and oxygen atoms in total. The zero-order valence-electron chi connectivity index (χ0n) is 18.1. The van der Waals surface area contributed by atoms with Crippen LogP contribution in [-0.2, 0) is 6.54 Å². The van der Waals surface area contributed by atoms with Gasteiger partial charge < -0.3 is 9.64 Å². The van der Waals surface area contributed by atoms with Gasteiger partial charge >= 0.3 is 0 Å². The summed E-state index contributed by atoms with van der Waals surface area (Å²) in [5.74, 6) is 0.937. The Labute approximate surface area is 183 Å². The Morgan fingerprint density at radius 3 is 2.32 bits per heavy atom. The molecule has 1 aliphatic rings. The molecule has 3 aromatic rings. The molecule has 0 N–H and O–H groups in total. The lowest BCUT2D eigenvalue weighted by Crippen LogP contribution is -2.46.